The van der Waals surface area contributed by atoms with E-state index in [1.165, 1.54) is 19.2 Å². The van der Waals surface area contributed by atoms with Crippen LogP contribution in [0.1, 0.15) is 5.76 Å². The van der Waals surface area contributed by atoms with Gasteiger partial charge in [-0.25, -0.2) is 8.42 Å². The molecule has 3 aromatic rings. The zero-order valence-electron chi connectivity index (χ0n) is 13.7. The van der Waals surface area contributed by atoms with Crippen molar-refractivity contribution in [2.24, 2.45) is 0 Å². The predicted octanol–water partition coefficient (Wildman–Crippen LogP) is 3.54. The van der Waals surface area contributed by atoms with Gasteiger partial charge in [0.15, 0.2) is 5.82 Å². The normalized spacial score (nSPS) is 11.1. The Bertz CT molecular complexity index is 948. The third-order valence-corrected chi connectivity index (χ3v) is 4.80. The summed E-state index contributed by atoms with van der Waals surface area (Å²) < 4.78 is 37.3. The molecule has 130 valence electrons. The number of nitrogens with zero attached hydrogens (tertiary/aromatic N) is 1. The number of hydrogen-bond donors (Lipinski definition) is 2. The predicted molar refractivity (Wildman–Crippen MR) is 94.8 cm³/mol. The minimum absolute atomic E-state index is 0.161. The maximum absolute atomic E-state index is 12.4. The van der Waals surface area contributed by atoms with Gasteiger partial charge in [-0.05, 0) is 55.5 Å². The minimum atomic E-state index is -3.66. The molecule has 0 aliphatic carbocycles. The Morgan fingerprint density at radius 3 is 2.20 bits per heavy atom. The zero-order valence-corrected chi connectivity index (χ0v) is 14.5. The molecule has 3 rings (SSSR count). The Balaban J connectivity index is 1.71. The van der Waals surface area contributed by atoms with Crippen LogP contribution in [0, 0.1) is 6.92 Å². The van der Waals surface area contributed by atoms with Gasteiger partial charge in [0, 0.05) is 17.4 Å². The molecule has 2 N–H and O–H groups in total. The first kappa shape index (κ1) is 16.8. The zero-order chi connectivity index (χ0) is 17.9. The lowest BCUT2D eigenvalue weighted by Crippen LogP contribution is -2.12. The van der Waals surface area contributed by atoms with Crippen molar-refractivity contribution in [2.45, 2.75) is 11.8 Å². The average molecular weight is 359 g/mol. The van der Waals surface area contributed by atoms with Crippen molar-refractivity contribution in [2.75, 3.05) is 17.1 Å². The van der Waals surface area contributed by atoms with Crippen LogP contribution in [0.5, 0.6) is 5.75 Å². The molecule has 7 nitrogen and oxygen atoms in total. The lowest BCUT2D eigenvalue weighted by atomic mass is 10.3. The second-order valence-corrected chi connectivity index (χ2v) is 6.99. The molecule has 0 bridgehead atoms. The van der Waals surface area contributed by atoms with Crippen molar-refractivity contribution in [3.8, 4) is 5.75 Å². The molecule has 1 heterocycles. The number of rotatable bonds is 6. The van der Waals surface area contributed by atoms with Crippen molar-refractivity contribution in [1.29, 1.82) is 0 Å². The summed E-state index contributed by atoms with van der Waals surface area (Å²) in [4.78, 5) is 0.161. The molecule has 0 unspecified atom stereocenters. The van der Waals surface area contributed by atoms with Gasteiger partial charge in [0.1, 0.15) is 11.5 Å². The minimum Gasteiger partial charge on any atom is -0.497 e. The lowest BCUT2D eigenvalue weighted by molar-refractivity contribution is 0.400. The highest BCUT2D eigenvalue weighted by atomic mass is 32.2. The van der Waals surface area contributed by atoms with Crippen molar-refractivity contribution in [3.63, 3.8) is 0 Å². The third kappa shape index (κ3) is 4.10. The smallest absolute Gasteiger partial charge is 0.261 e. The molecular weight excluding hydrogens is 342 g/mol. The van der Waals surface area contributed by atoms with E-state index in [1.807, 2.05) is 0 Å². The van der Waals surface area contributed by atoms with Crippen molar-refractivity contribution in [3.05, 3.63) is 60.4 Å². The number of aromatic nitrogens is 1. The van der Waals surface area contributed by atoms with Crippen LogP contribution in [0.4, 0.5) is 17.2 Å². The van der Waals surface area contributed by atoms with Gasteiger partial charge in [0.05, 0.1) is 12.0 Å². The fraction of sp³-hybridized carbons (Fsp3) is 0.118. The second-order valence-electron chi connectivity index (χ2n) is 5.31. The first-order chi connectivity index (χ1) is 12.0. The third-order valence-electron chi connectivity index (χ3n) is 3.41. The van der Waals surface area contributed by atoms with Crippen LogP contribution in [-0.2, 0) is 10.0 Å². The molecule has 0 radical (unpaired) electrons. The lowest BCUT2D eigenvalue weighted by Gasteiger charge is -2.09. The summed E-state index contributed by atoms with van der Waals surface area (Å²) >= 11 is 0. The first-order valence-corrected chi connectivity index (χ1v) is 8.92. The highest BCUT2D eigenvalue weighted by Crippen LogP contribution is 2.22. The van der Waals surface area contributed by atoms with Gasteiger partial charge in [-0.15, -0.1) is 0 Å². The van der Waals surface area contributed by atoms with E-state index in [9.17, 15) is 8.42 Å². The number of aryl methyl sites for hydroxylation is 1. The SMILES string of the molecule is COc1ccc(S(=O)(=O)Nc2ccc(Nc3cc(C)on3)cc2)cc1. The first-order valence-electron chi connectivity index (χ1n) is 7.43. The molecule has 0 saturated heterocycles. The maximum atomic E-state index is 12.4. The molecular formula is C17H17N3O4S. The Morgan fingerprint density at radius 2 is 1.64 bits per heavy atom. The number of ether oxygens (including phenoxy) is 1. The van der Waals surface area contributed by atoms with Crippen LogP contribution in [0.25, 0.3) is 0 Å². The molecule has 25 heavy (non-hydrogen) atoms. The average Bonchev–Trinajstić information content (AvgIpc) is 3.01. The van der Waals surface area contributed by atoms with Crippen molar-refractivity contribution >= 4 is 27.2 Å². The number of sulfonamides is 1. The van der Waals surface area contributed by atoms with Crippen LogP contribution in [0.2, 0.25) is 0 Å². The fourth-order valence-electron chi connectivity index (χ4n) is 2.16. The van der Waals surface area contributed by atoms with Crippen molar-refractivity contribution < 1.29 is 17.7 Å². The van der Waals surface area contributed by atoms with Crippen LogP contribution in [0.3, 0.4) is 0 Å². The highest BCUT2D eigenvalue weighted by molar-refractivity contribution is 7.92. The highest BCUT2D eigenvalue weighted by Gasteiger charge is 2.14. The van der Waals surface area contributed by atoms with E-state index in [2.05, 4.69) is 15.2 Å². The summed E-state index contributed by atoms with van der Waals surface area (Å²) in [7, 11) is -2.13. The van der Waals surface area contributed by atoms with Gasteiger partial charge >= 0.3 is 0 Å². The molecule has 0 aliphatic heterocycles. The fourth-order valence-corrected chi connectivity index (χ4v) is 3.22. The molecule has 1 aromatic heterocycles. The molecule has 0 atom stereocenters. The molecule has 0 spiro atoms. The Hall–Kier alpha value is -3.00. The largest absolute Gasteiger partial charge is 0.497 e. The van der Waals surface area contributed by atoms with E-state index >= 15 is 0 Å². The summed E-state index contributed by atoms with van der Waals surface area (Å²) in [6, 6.07) is 14.8. The van der Waals surface area contributed by atoms with E-state index in [0.717, 1.165) is 5.69 Å². The number of methoxy groups -OCH3 is 1. The van der Waals surface area contributed by atoms with Crippen LogP contribution >= 0.6 is 0 Å². The van der Waals surface area contributed by atoms with Crippen LogP contribution in [-0.4, -0.2) is 20.7 Å². The maximum Gasteiger partial charge on any atom is 0.261 e. The summed E-state index contributed by atoms with van der Waals surface area (Å²) in [5, 5.41) is 6.90. The van der Waals surface area contributed by atoms with Gasteiger partial charge in [-0.3, -0.25) is 4.72 Å². The molecule has 0 aliphatic rings. The van der Waals surface area contributed by atoms with Gasteiger partial charge in [0.25, 0.3) is 10.0 Å². The number of hydrogen-bond acceptors (Lipinski definition) is 6. The Morgan fingerprint density at radius 1 is 1.00 bits per heavy atom. The van der Waals surface area contributed by atoms with Gasteiger partial charge in [-0.1, -0.05) is 5.16 Å². The van der Waals surface area contributed by atoms with Crippen LogP contribution < -0.4 is 14.8 Å². The molecule has 0 fully saturated rings. The summed E-state index contributed by atoms with van der Waals surface area (Å²) in [5.74, 6) is 1.88. The number of benzene rings is 2. The second kappa shape index (κ2) is 6.86. The Kier molecular flexibility index (Phi) is 4.62. The van der Waals surface area contributed by atoms with Gasteiger partial charge in [0.2, 0.25) is 0 Å². The van der Waals surface area contributed by atoms with E-state index < -0.39 is 10.0 Å². The molecule has 2 aromatic carbocycles. The van der Waals surface area contributed by atoms with Gasteiger partial charge in [-0.2, -0.15) is 0 Å². The standard InChI is InChI=1S/C17H17N3O4S/c1-12-11-17(19-24-12)18-13-3-5-14(6-4-13)20-25(21,22)16-9-7-15(23-2)8-10-16/h3-11,20H,1-2H3,(H,18,19). The quantitative estimate of drug-likeness (QED) is 0.699. The molecule has 0 amide bonds. The monoisotopic (exact) mass is 359 g/mol. The Labute approximate surface area is 145 Å². The summed E-state index contributed by atoms with van der Waals surface area (Å²) in [6.07, 6.45) is 0. The summed E-state index contributed by atoms with van der Waals surface area (Å²) in [5.41, 5.74) is 1.22. The van der Waals surface area contributed by atoms with E-state index in [0.29, 0.717) is 23.0 Å². The molecule has 8 heteroatoms. The van der Waals surface area contributed by atoms with Gasteiger partial charge < -0.3 is 14.6 Å². The van der Waals surface area contributed by atoms with E-state index in [4.69, 9.17) is 9.26 Å². The van der Waals surface area contributed by atoms with Crippen LogP contribution in [0.15, 0.2) is 64.0 Å². The topological polar surface area (TPSA) is 93.5 Å². The van der Waals surface area contributed by atoms with E-state index in [-0.39, 0.29) is 4.90 Å². The van der Waals surface area contributed by atoms with E-state index in [1.54, 1.807) is 49.4 Å². The number of nitrogens with one attached hydrogen (secondary N) is 2. The van der Waals surface area contributed by atoms with Crippen molar-refractivity contribution in [1.82, 2.24) is 5.16 Å². The summed E-state index contributed by atoms with van der Waals surface area (Å²) in [6.45, 7) is 1.80. The number of anilines is 3. The molecule has 0 saturated carbocycles.